The van der Waals surface area contributed by atoms with Crippen molar-refractivity contribution < 1.29 is 4.79 Å². The average Bonchev–Trinajstić information content (AvgIpc) is 2.89. The highest BCUT2D eigenvalue weighted by molar-refractivity contribution is 9.11. The van der Waals surface area contributed by atoms with Crippen LogP contribution in [0, 0.1) is 0 Å². The van der Waals surface area contributed by atoms with Crippen LogP contribution in [0.1, 0.15) is 15.9 Å². The van der Waals surface area contributed by atoms with Crippen LogP contribution in [-0.4, -0.2) is 12.5 Å². The van der Waals surface area contributed by atoms with Gasteiger partial charge in [0, 0.05) is 26.7 Å². The van der Waals surface area contributed by atoms with Gasteiger partial charge in [-0.15, -0.1) is 0 Å². The minimum absolute atomic E-state index is 0.107. The van der Waals surface area contributed by atoms with Gasteiger partial charge in [0.1, 0.15) is 0 Å². The first-order valence-electron chi connectivity index (χ1n) is 6.27. The summed E-state index contributed by atoms with van der Waals surface area (Å²) in [7, 11) is 0. The van der Waals surface area contributed by atoms with Gasteiger partial charge in [-0.3, -0.25) is 4.79 Å². The second-order valence-corrected chi connectivity index (χ2v) is 6.40. The highest BCUT2D eigenvalue weighted by atomic mass is 79.9. The summed E-state index contributed by atoms with van der Waals surface area (Å²) >= 11 is 6.83. The van der Waals surface area contributed by atoms with Crippen LogP contribution in [0.15, 0.2) is 45.3 Å². The van der Waals surface area contributed by atoms with Gasteiger partial charge >= 0.3 is 0 Å². The number of hydrogen-bond acceptors (Lipinski definition) is 2. The number of carbonyl (C=O) groups excluding carboxylic acids is 1. The normalized spacial score (nSPS) is 12.7. The minimum Gasteiger partial charge on any atom is -0.384 e. The number of fused-ring (bicyclic) bond motifs is 1. The molecular formula is C15H12Br2N2O. The Kier molecular flexibility index (Phi) is 3.81. The van der Waals surface area contributed by atoms with Crippen LogP contribution < -0.4 is 10.6 Å². The molecule has 2 aromatic carbocycles. The van der Waals surface area contributed by atoms with Crippen LogP contribution in [0.5, 0.6) is 0 Å². The highest BCUT2D eigenvalue weighted by Gasteiger charge is 2.14. The Bertz CT molecular complexity index is 686. The Morgan fingerprint density at radius 3 is 2.80 bits per heavy atom. The molecule has 5 heteroatoms. The maximum absolute atomic E-state index is 12.3. The summed E-state index contributed by atoms with van der Waals surface area (Å²) in [6.45, 7) is 0.943. The van der Waals surface area contributed by atoms with Crippen LogP contribution in [0.25, 0.3) is 0 Å². The second kappa shape index (κ2) is 5.58. The predicted octanol–water partition coefficient (Wildman–Crippen LogP) is 4.43. The van der Waals surface area contributed by atoms with E-state index in [4.69, 9.17) is 0 Å². The van der Waals surface area contributed by atoms with Crippen molar-refractivity contribution >= 4 is 49.1 Å². The van der Waals surface area contributed by atoms with E-state index in [1.165, 1.54) is 5.56 Å². The first kappa shape index (κ1) is 13.6. The number of amides is 1. The molecule has 0 aromatic heterocycles. The summed E-state index contributed by atoms with van der Waals surface area (Å²) in [6, 6.07) is 11.4. The van der Waals surface area contributed by atoms with Crippen molar-refractivity contribution in [3.8, 4) is 0 Å². The van der Waals surface area contributed by atoms with Gasteiger partial charge in [-0.05, 0) is 58.2 Å². The summed E-state index contributed by atoms with van der Waals surface area (Å²) in [4.78, 5) is 12.3. The summed E-state index contributed by atoms with van der Waals surface area (Å²) in [5.74, 6) is -0.107. The largest absolute Gasteiger partial charge is 0.384 e. The Morgan fingerprint density at radius 1 is 1.15 bits per heavy atom. The van der Waals surface area contributed by atoms with Crippen molar-refractivity contribution in [2.45, 2.75) is 6.42 Å². The molecule has 0 spiro atoms. The van der Waals surface area contributed by atoms with Crippen molar-refractivity contribution in [3.63, 3.8) is 0 Å². The zero-order valence-corrected chi connectivity index (χ0v) is 13.7. The van der Waals surface area contributed by atoms with E-state index < -0.39 is 0 Å². The number of anilines is 2. The summed E-state index contributed by atoms with van der Waals surface area (Å²) in [6.07, 6.45) is 1.02. The SMILES string of the molecule is O=C(Nc1ccc(Br)cc1Br)c1ccc2c(c1)NCC2. The van der Waals surface area contributed by atoms with Gasteiger partial charge in [-0.25, -0.2) is 0 Å². The quantitative estimate of drug-likeness (QED) is 0.789. The number of nitrogens with one attached hydrogen (secondary N) is 2. The maximum Gasteiger partial charge on any atom is 0.255 e. The van der Waals surface area contributed by atoms with Crippen LogP contribution in [0.3, 0.4) is 0 Å². The van der Waals surface area contributed by atoms with Crippen LogP contribution in [0.4, 0.5) is 11.4 Å². The molecule has 1 aliphatic heterocycles. The van der Waals surface area contributed by atoms with Crippen LogP contribution >= 0.6 is 31.9 Å². The molecule has 1 amide bonds. The third kappa shape index (κ3) is 2.74. The highest BCUT2D eigenvalue weighted by Crippen LogP contribution is 2.27. The van der Waals surface area contributed by atoms with Crippen LogP contribution in [-0.2, 0) is 6.42 Å². The van der Waals surface area contributed by atoms with Crippen molar-refractivity contribution in [3.05, 3.63) is 56.5 Å². The van der Waals surface area contributed by atoms with E-state index in [1.807, 2.05) is 36.4 Å². The number of carbonyl (C=O) groups is 1. The Hall–Kier alpha value is -1.33. The van der Waals surface area contributed by atoms with Gasteiger partial charge in [0.15, 0.2) is 0 Å². The third-order valence-electron chi connectivity index (χ3n) is 3.26. The van der Waals surface area contributed by atoms with Crippen LogP contribution in [0.2, 0.25) is 0 Å². The molecule has 0 atom stereocenters. The lowest BCUT2D eigenvalue weighted by Crippen LogP contribution is -2.12. The zero-order chi connectivity index (χ0) is 14.1. The molecule has 0 saturated carbocycles. The van der Waals surface area contributed by atoms with Crippen molar-refractivity contribution in [2.24, 2.45) is 0 Å². The molecule has 20 heavy (non-hydrogen) atoms. The van der Waals surface area contributed by atoms with E-state index in [0.717, 1.165) is 33.3 Å². The molecule has 0 saturated heterocycles. The molecule has 2 N–H and O–H groups in total. The monoisotopic (exact) mass is 394 g/mol. The van der Waals surface area contributed by atoms with Crippen molar-refractivity contribution in [2.75, 3.05) is 17.2 Å². The molecule has 102 valence electrons. The van der Waals surface area contributed by atoms with E-state index in [9.17, 15) is 4.79 Å². The summed E-state index contributed by atoms with van der Waals surface area (Å²) < 4.78 is 1.81. The lowest BCUT2D eigenvalue weighted by Gasteiger charge is -2.09. The second-order valence-electron chi connectivity index (χ2n) is 4.63. The number of halogens is 2. The number of rotatable bonds is 2. The van der Waals surface area contributed by atoms with Gasteiger partial charge in [-0.2, -0.15) is 0 Å². The van der Waals surface area contributed by atoms with Gasteiger partial charge < -0.3 is 10.6 Å². The van der Waals surface area contributed by atoms with E-state index in [0.29, 0.717) is 5.56 Å². The van der Waals surface area contributed by atoms with E-state index in [1.54, 1.807) is 0 Å². The van der Waals surface area contributed by atoms with Crippen molar-refractivity contribution in [1.82, 2.24) is 0 Å². The molecule has 0 bridgehead atoms. The molecule has 3 rings (SSSR count). The molecule has 1 heterocycles. The van der Waals surface area contributed by atoms with Gasteiger partial charge in [0.25, 0.3) is 5.91 Å². The molecule has 1 aliphatic rings. The number of hydrogen-bond donors (Lipinski definition) is 2. The lowest BCUT2D eigenvalue weighted by atomic mass is 10.1. The fraction of sp³-hybridized carbons (Fsp3) is 0.133. The van der Waals surface area contributed by atoms with Crippen molar-refractivity contribution in [1.29, 1.82) is 0 Å². The van der Waals surface area contributed by atoms with Gasteiger partial charge in [0.05, 0.1) is 5.69 Å². The summed E-state index contributed by atoms with van der Waals surface area (Å²) in [5.41, 5.74) is 3.75. The Morgan fingerprint density at radius 2 is 2.00 bits per heavy atom. The minimum atomic E-state index is -0.107. The topological polar surface area (TPSA) is 41.1 Å². The van der Waals surface area contributed by atoms with E-state index >= 15 is 0 Å². The van der Waals surface area contributed by atoms with Gasteiger partial charge in [-0.1, -0.05) is 22.0 Å². The third-order valence-corrected chi connectivity index (χ3v) is 4.41. The molecule has 3 nitrogen and oxygen atoms in total. The standard InChI is InChI=1S/C15H12Br2N2O/c16-11-3-4-13(12(17)8-11)19-15(20)10-2-1-9-5-6-18-14(9)7-10/h1-4,7-8,18H,5-6H2,(H,19,20). The maximum atomic E-state index is 12.3. The lowest BCUT2D eigenvalue weighted by molar-refractivity contribution is 0.102. The summed E-state index contributed by atoms with van der Waals surface area (Å²) in [5, 5.41) is 6.19. The van der Waals surface area contributed by atoms with E-state index in [-0.39, 0.29) is 5.91 Å². The molecule has 0 unspecified atom stereocenters. The molecule has 0 fully saturated rings. The Labute approximate surface area is 134 Å². The molecule has 0 aliphatic carbocycles. The van der Waals surface area contributed by atoms with E-state index in [2.05, 4.69) is 42.5 Å². The number of benzene rings is 2. The molecule has 0 radical (unpaired) electrons. The zero-order valence-electron chi connectivity index (χ0n) is 10.5. The first-order valence-corrected chi connectivity index (χ1v) is 7.85. The predicted molar refractivity (Wildman–Crippen MR) is 88.4 cm³/mol. The fourth-order valence-corrected chi connectivity index (χ4v) is 3.36. The molecule has 2 aromatic rings. The first-order chi connectivity index (χ1) is 9.63. The Balaban J connectivity index is 1.82. The van der Waals surface area contributed by atoms with Gasteiger partial charge in [0.2, 0.25) is 0 Å². The fourth-order valence-electron chi connectivity index (χ4n) is 2.22. The smallest absolute Gasteiger partial charge is 0.255 e. The average molecular weight is 396 g/mol. The molecular weight excluding hydrogens is 384 g/mol.